The average Bonchev–Trinajstić information content (AvgIpc) is 2.78. The highest BCUT2D eigenvalue weighted by Gasteiger charge is 2.36. The fourth-order valence-electron chi connectivity index (χ4n) is 3.64. The van der Waals surface area contributed by atoms with Crippen LogP contribution in [0.15, 0.2) is 24.3 Å². The summed E-state index contributed by atoms with van der Waals surface area (Å²) in [5.41, 5.74) is -2.84. The monoisotopic (exact) mass is 607 g/mol. The Morgan fingerprint density at radius 2 is 1.28 bits per heavy atom. The van der Waals surface area contributed by atoms with Crippen LogP contribution in [0, 0.1) is 0 Å². The molecule has 0 aliphatic carbocycles. The maximum atomic E-state index is 13.4. The Balaban J connectivity index is 3.06. The van der Waals surface area contributed by atoms with Gasteiger partial charge in [-0.25, -0.2) is 9.59 Å². The van der Waals surface area contributed by atoms with E-state index < -0.39 is 64.3 Å². The molecule has 0 spiro atoms. The Kier molecular flexibility index (Phi) is 12.6. The van der Waals surface area contributed by atoms with Gasteiger partial charge in [0.2, 0.25) is 11.8 Å². The lowest BCUT2D eigenvalue weighted by atomic mass is 10.00. The van der Waals surface area contributed by atoms with E-state index in [0.29, 0.717) is 11.3 Å². The molecule has 0 saturated heterocycles. The highest BCUT2D eigenvalue weighted by Crippen LogP contribution is 2.20. The number of hydrogen-bond donors (Lipinski definition) is 4. The van der Waals surface area contributed by atoms with Crippen LogP contribution in [0.2, 0.25) is 0 Å². The van der Waals surface area contributed by atoms with Crippen molar-refractivity contribution >= 4 is 29.8 Å². The fourth-order valence-corrected chi connectivity index (χ4v) is 3.64. The summed E-state index contributed by atoms with van der Waals surface area (Å²) < 4.78 is 16.4. The van der Waals surface area contributed by atoms with Gasteiger partial charge >= 0.3 is 18.0 Å². The lowest BCUT2D eigenvalue weighted by Gasteiger charge is -2.30. The Morgan fingerprint density at radius 3 is 1.74 bits per heavy atom. The van der Waals surface area contributed by atoms with Crippen molar-refractivity contribution in [2.24, 2.45) is 0 Å². The number of benzene rings is 1. The maximum absolute atomic E-state index is 13.4. The number of amides is 3. The lowest BCUT2D eigenvalue weighted by Crippen LogP contribution is -2.61. The molecular weight excluding hydrogens is 558 g/mol. The van der Waals surface area contributed by atoms with Crippen molar-refractivity contribution in [3.05, 3.63) is 29.8 Å². The van der Waals surface area contributed by atoms with Gasteiger partial charge in [0.05, 0.1) is 0 Å². The number of hydrogen-bond acceptors (Lipinski definition) is 8. The molecule has 242 valence electrons. The summed E-state index contributed by atoms with van der Waals surface area (Å²) in [6.07, 6.45) is -1.21. The molecule has 1 aromatic carbocycles. The number of carbonyl (C=O) groups is 5. The summed E-state index contributed by atoms with van der Waals surface area (Å²) in [7, 11) is 0. The van der Waals surface area contributed by atoms with E-state index >= 15 is 0 Å². The summed E-state index contributed by atoms with van der Waals surface area (Å²) in [5.74, 6) is -2.80. The smallest absolute Gasteiger partial charge is 0.408 e. The Hall–Kier alpha value is -3.83. The van der Waals surface area contributed by atoms with Crippen molar-refractivity contribution in [1.82, 2.24) is 16.0 Å². The number of nitrogens with one attached hydrogen (secondary N) is 3. The topological polar surface area (TPSA) is 169 Å². The van der Waals surface area contributed by atoms with Gasteiger partial charge in [-0.15, -0.1) is 0 Å². The quantitative estimate of drug-likeness (QED) is 0.258. The van der Waals surface area contributed by atoms with Gasteiger partial charge in [-0.1, -0.05) is 12.1 Å². The van der Waals surface area contributed by atoms with E-state index in [9.17, 15) is 29.1 Å². The second kappa shape index (κ2) is 14.6. The van der Waals surface area contributed by atoms with E-state index in [0.717, 1.165) is 0 Å². The molecule has 1 aromatic rings. The summed E-state index contributed by atoms with van der Waals surface area (Å²) in [6, 6.07) is 4.49. The Labute approximate surface area is 254 Å². The molecule has 0 aliphatic heterocycles. The Morgan fingerprint density at radius 1 is 0.744 bits per heavy atom. The van der Waals surface area contributed by atoms with Gasteiger partial charge in [-0.3, -0.25) is 14.4 Å². The van der Waals surface area contributed by atoms with E-state index in [1.165, 1.54) is 13.8 Å². The molecule has 12 heteroatoms. The number of ether oxygens (including phenoxy) is 3. The van der Waals surface area contributed by atoms with Crippen molar-refractivity contribution in [2.45, 2.75) is 130 Å². The zero-order valence-electron chi connectivity index (χ0n) is 27.3. The highest BCUT2D eigenvalue weighted by molar-refractivity contribution is 5.95. The molecule has 3 amide bonds. The molecule has 0 heterocycles. The zero-order chi connectivity index (χ0) is 33.4. The first-order valence-corrected chi connectivity index (χ1v) is 14.2. The normalized spacial score (nSPS) is 13.7. The molecule has 0 unspecified atom stereocenters. The largest absolute Gasteiger partial charge is 0.488 e. The first-order chi connectivity index (χ1) is 19.4. The summed E-state index contributed by atoms with van der Waals surface area (Å²) in [4.78, 5) is 63.0. The Bertz CT molecular complexity index is 1140. The van der Waals surface area contributed by atoms with Crippen LogP contribution in [0.3, 0.4) is 0 Å². The van der Waals surface area contributed by atoms with Crippen molar-refractivity contribution < 1.29 is 43.3 Å². The maximum Gasteiger partial charge on any atom is 0.408 e. The van der Waals surface area contributed by atoms with Crippen LogP contribution in [0.25, 0.3) is 0 Å². The first kappa shape index (κ1) is 37.2. The van der Waals surface area contributed by atoms with Gasteiger partial charge < -0.3 is 35.3 Å². The van der Waals surface area contributed by atoms with Crippen LogP contribution in [0.1, 0.15) is 94.6 Å². The molecule has 0 saturated carbocycles. The van der Waals surface area contributed by atoms with Gasteiger partial charge in [0.15, 0.2) is 0 Å². The molecule has 0 radical (unpaired) electrons. The van der Waals surface area contributed by atoms with Crippen molar-refractivity contribution in [2.75, 3.05) is 0 Å². The molecule has 12 nitrogen and oxygen atoms in total. The van der Waals surface area contributed by atoms with E-state index in [2.05, 4.69) is 16.0 Å². The van der Waals surface area contributed by atoms with Crippen LogP contribution in [0.4, 0.5) is 4.79 Å². The van der Waals surface area contributed by atoms with Gasteiger partial charge in [0.25, 0.3) is 0 Å². The summed E-state index contributed by atoms with van der Waals surface area (Å²) in [6.45, 7) is 18.7. The number of alkyl carbamates (subject to hydrolysis) is 1. The van der Waals surface area contributed by atoms with Crippen LogP contribution in [-0.2, 0) is 35.1 Å². The van der Waals surface area contributed by atoms with Crippen molar-refractivity contribution in [3.8, 4) is 5.75 Å². The van der Waals surface area contributed by atoms with Gasteiger partial charge in [-0.05, 0) is 100 Å². The van der Waals surface area contributed by atoms with Crippen LogP contribution >= 0.6 is 0 Å². The second-order valence-corrected chi connectivity index (χ2v) is 13.9. The fraction of sp³-hybridized carbons (Fsp3) is 0.645. The predicted octanol–water partition coefficient (Wildman–Crippen LogP) is 3.89. The van der Waals surface area contributed by atoms with Gasteiger partial charge in [-0.2, -0.15) is 0 Å². The molecule has 43 heavy (non-hydrogen) atoms. The number of carboxylic acids is 1. The minimum Gasteiger partial charge on any atom is -0.488 e. The first-order valence-electron chi connectivity index (χ1n) is 14.2. The third kappa shape index (κ3) is 15.3. The minimum atomic E-state index is -1.59. The molecule has 0 fully saturated rings. The molecule has 1 rings (SSSR count). The van der Waals surface area contributed by atoms with Crippen LogP contribution in [-0.4, -0.2) is 69.4 Å². The van der Waals surface area contributed by atoms with Crippen LogP contribution < -0.4 is 20.7 Å². The third-order valence-electron chi connectivity index (χ3n) is 5.46. The molecular formula is C31H49N3O9. The number of esters is 1. The summed E-state index contributed by atoms with van der Waals surface area (Å²) in [5, 5.41) is 17.2. The van der Waals surface area contributed by atoms with E-state index in [-0.39, 0.29) is 19.3 Å². The molecule has 0 aliphatic rings. The molecule has 4 N–H and O–H groups in total. The molecule has 2 atom stereocenters. The number of rotatable bonds is 12. The lowest BCUT2D eigenvalue weighted by molar-refractivity contribution is -0.155. The van der Waals surface area contributed by atoms with E-state index in [4.69, 9.17) is 14.2 Å². The number of carboxylic acid groups (broad SMARTS) is 1. The van der Waals surface area contributed by atoms with Crippen LogP contribution in [0.5, 0.6) is 5.75 Å². The van der Waals surface area contributed by atoms with Gasteiger partial charge in [0, 0.05) is 12.8 Å². The van der Waals surface area contributed by atoms with Crippen molar-refractivity contribution in [3.63, 3.8) is 0 Å². The summed E-state index contributed by atoms with van der Waals surface area (Å²) >= 11 is 0. The third-order valence-corrected chi connectivity index (χ3v) is 5.46. The SMILES string of the molecule is CC(C)(C)OC(=O)CC[C@H](NC(=O)C(C)(C)NC(=O)[C@H](Cc1ccc(OC(C)(C)C)cc1)NC(=O)OC(C)(C)C)C(=O)O. The van der Waals surface area contributed by atoms with E-state index in [1.54, 1.807) is 65.8 Å². The average molecular weight is 608 g/mol. The predicted molar refractivity (Wildman–Crippen MR) is 161 cm³/mol. The molecule has 0 aromatic heterocycles. The molecule has 0 bridgehead atoms. The van der Waals surface area contributed by atoms with E-state index in [1.807, 2.05) is 20.8 Å². The standard InChI is InChI=1S/C31H49N3O9/c1-28(2,3)41-20-14-12-19(13-15-20)18-22(33-27(40)43-30(7,8)9)24(36)34-31(10,11)26(39)32-21(25(37)38)16-17-23(35)42-29(4,5)6/h12-15,21-22H,16-18H2,1-11H3,(H,32,39)(H,33,40)(H,34,36)(H,37,38)/t21-,22-/m0/s1. The van der Waals surface area contributed by atoms with Crippen molar-refractivity contribution in [1.29, 1.82) is 0 Å². The zero-order valence-corrected chi connectivity index (χ0v) is 27.3. The number of carbonyl (C=O) groups excluding carboxylic acids is 4. The highest BCUT2D eigenvalue weighted by atomic mass is 16.6. The minimum absolute atomic E-state index is 0.0617. The number of aliphatic carboxylic acids is 1. The van der Waals surface area contributed by atoms with Gasteiger partial charge in [0.1, 0.15) is 40.2 Å². The second-order valence-electron chi connectivity index (χ2n) is 13.9.